The number of ether oxygens (including phenoxy) is 2. The molecule has 0 bridgehead atoms. The zero-order valence-electron chi connectivity index (χ0n) is 19.1. The molecule has 2 aromatic heterocycles. The van der Waals surface area contributed by atoms with Crippen LogP contribution in [0, 0.1) is 0 Å². The molecule has 8 nitrogen and oxygen atoms in total. The quantitative estimate of drug-likeness (QED) is 0.522. The number of rotatable bonds is 5. The van der Waals surface area contributed by atoms with Gasteiger partial charge in [0.25, 0.3) is 0 Å². The molecule has 2 fully saturated rings. The van der Waals surface area contributed by atoms with Crippen LogP contribution in [0.2, 0.25) is 0 Å². The molecule has 15 heteroatoms. The van der Waals surface area contributed by atoms with Gasteiger partial charge >= 0.3 is 24.3 Å². The van der Waals surface area contributed by atoms with Gasteiger partial charge in [-0.3, -0.25) is 9.88 Å². The van der Waals surface area contributed by atoms with E-state index in [0.29, 0.717) is 12.6 Å². The van der Waals surface area contributed by atoms with Gasteiger partial charge in [0.1, 0.15) is 6.10 Å². The molecule has 0 saturated carbocycles. The van der Waals surface area contributed by atoms with Gasteiger partial charge in [0, 0.05) is 43.0 Å². The van der Waals surface area contributed by atoms with E-state index in [4.69, 9.17) is 29.3 Å². The van der Waals surface area contributed by atoms with Gasteiger partial charge in [-0.15, -0.1) is 11.3 Å². The monoisotopic (exact) mass is 558 g/mol. The minimum absolute atomic E-state index is 0.153. The highest BCUT2D eigenvalue weighted by Gasteiger charge is 2.44. The number of carboxylic acid groups (broad SMARTS) is 2. The standard InChI is InChI=1S/C18H22N2O2S.2C2HF3O2/c1-4-14(10-19-7-1)13-22-17-12-20(11-15-5-3-9-23-15)16-6-2-8-21-18(16)17;2*3-2(4,5)1(6)7/h1,3-5,7,9-10,16-18H,2,6,8,11-13H2;2*(H,6,7)/t16-,17+,18-;;/m0../s1. The maximum absolute atomic E-state index is 10.6. The predicted molar refractivity (Wildman–Crippen MR) is 118 cm³/mol. The van der Waals surface area contributed by atoms with Crippen molar-refractivity contribution in [2.75, 3.05) is 13.2 Å². The number of thiophene rings is 1. The Morgan fingerprint density at radius 1 is 1.11 bits per heavy atom. The SMILES string of the molecule is O=C(O)C(F)(F)F.O=C(O)C(F)(F)F.c1cncc(CO[C@@H]2CN(Cc3cccs3)[C@H]3CCCO[C@H]23)c1. The van der Waals surface area contributed by atoms with Crippen molar-refractivity contribution in [2.24, 2.45) is 0 Å². The normalized spacial score (nSPS) is 21.6. The first-order chi connectivity index (χ1) is 17.3. The minimum Gasteiger partial charge on any atom is -0.475 e. The van der Waals surface area contributed by atoms with E-state index in [9.17, 15) is 26.3 Å². The van der Waals surface area contributed by atoms with Crippen molar-refractivity contribution in [1.29, 1.82) is 0 Å². The molecule has 2 aliphatic rings. The number of pyridine rings is 1. The van der Waals surface area contributed by atoms with E-state index in [-0.39, 0.29) is 12.2 Å². The van der Waals surface area contributed by atoms with Gasteiger partial charge < -0.3 is 19.7 Å². The molecule has 0 radical (unpaired) electrons. The van der Waals surface area contributed by atoms with E-state index in [1.807, 2.05) is 23.6 Å². The molecular weight excluding hydrogens is 534 g/mol. The second-order valence-electron chi connectivity index (χ2n) is 7.87. The topological polar surface area (TPSA) is 109 Å². The van der Waals surface area contributed by atoms with Crippen LogP contribution in [-0.4, -0.2) is 75.8 Å². The van der Waals surface area contributed by atoms with Crippen molar-refractivity contribution in [3.8, 4) is 0 Å². The molecule has 0 aliphatic carbocycles. The first kappa shape index (κ1) is 30.5. The summed E-state index contributed by atoms with van der Waals surface area (Å²) in [6, 6.07) is 8.85. The molecule has 4 heterocycles. The highest BCUT2D eigenvalue weighted by atomic mass is 32.1. The van der Waals surface area contributed by atoms with Crippen molar-refractivity contribution < 1.29 is 55.6 Å². The lowest BCUT2D eigenvalue weighted by atomic mass is 10.0. The lowest BCUT2D eigenvalue weighted by molar-refractivity contribution is -0.193. The van der Waals surface area contributed by atoms with Crippen molar-refractivity contribution >= 4 is 23.3 Å². The Bertz CT molecular complexity index is 950. The zero-order chi connectivity index (χ0) is 27.6. The molecule has 2 N–H and O–H groups in total. The Balaban J connectivity index is 0.000000286. The lowest BCUT2D eigenvalue weighted by Crippen LogP contribution is -2.41. The molecule has 0 unspecified atom stereocenters. The van der Waals surface area contributed by atoms with Crippen LogP contribution in [0.1, 0.15) is 23.3 Å². The van der Waals surface area contributed by atoms with Crippen LogP contribution in [0.25, 0.3) is 0 Å². The van der Waals surface area contributed by atoms with Gasteiger partial charge in [-0.05, 0) is 35.9 Å². The molecule has 3 atom stereocenters. The van der Waals surface area contributed by atoms with E-state index < -0.39 is 24.3 Å². The molecular formula is C22H24F6N2O6S. The summed E-state index contributed by atoms with van der Waals surface area (Å²) in [5, 5.41) is 16.4. The maximum atomic E-state index is 10.6. The van der Waals surface area contributed by atoms with Gasteiger partial charge in [-0.25, -0.2) is 9.59 Å². The molecule has 0 amide bonds. The number of hydrogen-bond acceptors (Lipinski definition) is 7. The Morgan fingerprint density at radius 3 is 2.27 bits per heavy atom. The van der Waals surface area contributed by atoms with Crippen LogP contribution in [0.3, 0.4) is 0 Å². The summed E-state index contributed by atoms with van der Waals surface area (Å²) in [6.07, 6.45) is -3.78. The van der Waals surface area contributed by atoms with E-state index in [2.05, 4.69) is 33.5 Å². The van der Waals surface area contributed by atoms with Crippen LogP contribution in [0.5, 0.6) is 0 Å². The van der Waals surface area contributed by atoms with E-state index in [0.717, 1.165) is 31.7 Å². The van der Waals surface area contributed by atoms with Crippen molar-refractivity contribution in [1.82, 2.24) is 9.88 Å². The molecule has 37 heavy (non-hydrogen) atoms. The van der Waals surface area contributed by atoms with Gasteiger partial charge in [-0.1, -0.05) is 12.1 Å². The summed E-state index contributed by atoms with van der Waals surface area (Å²) >= 11 is 1.83. The summed E-state index contributed by atoms with van der Waals surface area (Å²) in [7, 11) is 0. The fourth-order valence-corrected chi connectivity index (χ4v) is 4.35. The Hall–Kier alpha value is -2.75. The van der Waals surface area contributed by atoms with E-state index in [1.54, 1.807) is 6.20 Å². The molecule has 2 saturated heterocycles. The van der Waals surface area contributed by atoms with Crippen LogP contribution in [-0.2, 0) is 32.2 Å². The first-order valence-corrected chi connectivity index (χ1v) is 11.7. The highest BCUT2D eigenvalue weighted by molar-refractivity contribution is 7.09. The molecule has 0 spiro atoms. The Kier molecular flexibility index (Phi) is 11.3. The van der Waals surface area contributed by atoms with Crippen molar-refractivity contribution in [2.45, 2.75) is 56.6 Å². The molecule has 206 valence electrons. The lowest BCUT2D eigenvalue weighted by Gasteiger charge is -2.32. The maximum Gasteiger partial charge on any atom is 0.490 e. The number of alkyl halides is 6. The first-order valence-electron chi connectivity index (χ1n) is 10.8. The largest absolute Gasteiger partial charge is 0.490 e. The summed E-state index contributed by atoms with van der Waals surface area (Å²) in [5.74, 6) is -5.51. The zero-order valence-corrected chi connectivity index (χ0v) is 19.9. The minimum atomic E-state index is -5.08. The number of likely N-dealkylation sites (tertiary alicyclic amines) is 1. The second-order valence-corrected chi connectivity index (χ2v) is 8.90. The number of fused-ring (bicyclic) bond motifs is 1. The number of aliphatic carboxylic acids is 2. The summed E-state index contributed by atoms with van der Waals surface area (Å²) < 4.78 is 75.8. The average molecular weight is 558 g/mol. The summed E-state index contributed by atoms with van der Waals surface area (Å²) in [6.45, 7) is 3.43. The van der Waals surface area contributed by atoms with Gasteiger partial charge in [-0.2, -0.15) is 26.3 Å². The fourth-order valence-electron chi connectivity index (χ4n) is 3.62. The van der Waals surface area contributed by atoms with Gasteiger partial charge in [0.15, 0.2) is 0 Å². The van der Waals surface area contributed by atoms with Crippen molar-refractivity contribution in [3.63, 3.8) is 0 Å². The third kappa shape index (κ3) is 10.3. The predicted octanol–water partition coefficient (Wildman–Crippen LogP) is 4.36. The molecule has 2 aromatic rings. The van der Waals surface area contributed by atoms with Crippen LogP contribution >= 0.6 is 11.3 Å². The number of hydrogen-bond donors (Lipinski definition) is 2. The van der Waals surface area contributed by atoms with E-state index in [1.165, 1.54) is 11.3 Å². The number of nitrogens with zero attached hydrogens (tertiary/aromatic N) is 2. The summed E-state index contributed by atoms with van der Waals surface area (Å²) in [5.41, 5.74) is 1.12. The summed E-state index contributed by atoms with van der Waals surface area (Å²) in [4.78, 5) is 25.9. The Morgan fingerprint density at radius 2 is 1.76 bits per heavy atom. The fraction of sp³-hybridized carbons (Fsp3) is 0.500. The number of carboxylic acids is 2. The molecule has 4 rings (SSSR count). The van der Waals surface area contributed by atoms with E-state index >= 15 is 0 Å². The molecule has 2 aliphatic heterocycles. The third-order valence-corrected chi connectivity index (χ3v) is 6.06. The van der Waals surface area contributed by atoms with Crippen molar-refractivity contribution in [3.05, 3.63) is 52.5 Å². The van der Waals surface area contributed by atoms with Crippen LogP contribution in [0.15, 0.2) is 42.0 Å². The smallest absolute Gasteiger partial charge is 0.475 e. The number of aromatic nitrogens is 1. The van der Waals surface area contributed by atoms with Crippen LogP contribution < -0.4 is 0 Å². The van der Waals surface area contributed by atoms with Gasteiger partial charge in [0.2, 0.25) is 0 Å². The van der Waals surface area contributed by atoms with Crippen LogP contribution in [0.4, 0.5) is 26.3 Å². The second kappa shape index (κ2) is 13.7. The number of carbonyl (C=O) groups is 2. The van der Waals surface area contributed by atoms with Gasteiger partial charge in [0.05, 0.1) is 12.7 Å². The number of halogens is 6. The average Bonchev–Trinajstić information content (AvgIpc) is 3.46. The third-order valence-electron chi connectivity index (χ3n) is 5.19. The Labute approximate surface area is 211 Å². The molecule has 0 aromatic carbocycles. The highest BCUT2D eigenvalue weighted by Crippen LogP contribution is 2.32.